The number of likely N-dealkylation sites (N-methyl/N-ethyl adjacent to an activating group) is 4. The van der Waals surface area contributed by atoms with Gasteiger partial charge in [-0.2, -0.15) is 20.4 Å². The Labute approximate surface area is 443 Å². The Morgan fingerprint density at radius 2 is 0.542 bits per heavy atom. The molecule has 8 rings (SSSR count). The first-order valence-electron chi connectivity index (χ1n) is 24.7. The molecule has 0 unspecified atom stereocenters. The second-order valence-electron chi connectivity index (χ2n) is 20.0. The van der Waals surface area contributed by atoms with Gasteiger partial charge in [0, 0.05) is 103 Å². The number of piperidine rings is 4. The average molecular weight is 1080 g/mol. The zero-order valence-corrected chi connectivity index (χ0v) is 46.9. The van der Waals surface area contributed by atoms with Crippen LogP contribution in [0.3, 0.4) is 0 Å². The Balaban J connectivity index is 0.000000178. The molecular formula is C48H76Cl4N16O4. The van der Waals surface area contributed by atoms with Crippen LogP contribution in [0.25, 0.3) is 0 Å². The third-order valence-corrected chi connectivity index (χ3v) is 16.0. The number of likely N-dealkylation sites (tertiary alicyclic amines) is 4. The number of aryl methyl sites for hydroxylation is 4. The molecule has 24 heteroatoms. The Kier molecular flexibility index (Phi) is 21.8. The highest BCUT2D eigenvalue weighted by molar-refractivity contribution is 6.34. The molecule has 0 bridgehead atoms. The number of anilines is 4. The van der Waals surface area contributed by atoms with Gasteiger partial charge in [-0.1, -0.05) is 46.4 Å². The molecule has 400 valence electrons. The summed E-state index contributed by atoms with van der Waals surface area (Å²) in [7, 11) is 14.8. The van der Waals surface area contributed by atoms with Gasteiger partial charge in [-0.25, -0.2) is 18.7 Å². The highest BCUT2D eigenvalue weighted by Crippen LogP contribution is 2.26. The Morgan fingerprint density at radius 3 is 0.708 bits per heavy atom. The lowest BCUT2D eigenvalue weighted by Crippen LogP contribution is -2.44. The van der Waals surface area contributed by atoms with E-state index in [-0.39, 0.29) is 42.3 Å². The minimum absolute atomic E-state index is 0.216. The van der Waals surface area contributed by atoms with Gasteiger partial charge in [0.2, 0.25) is 0 Å². The van der Waals surface area contributed by atoms with Crippen LogP contribution < -0.4 is 43.5 Å². The van der Waals surface area contributed by atoms with Gasteiger partial charge in [0.1, 0.15) is 20.1 Å². The first-order valence-corrected chi connectivity index (χ1v) is 26.2. The van der Waals surface area contributed by atoms with Crippen LogP contribution in [0.5, 0.6) is 0 Å². The van der Waals surface area contributed by atoms with Crippen molar-refractivity contribution < 1.29 is 0 Å². The van der Waals surface area contributed by atoms with Crippen molar-refractivity contribution in [3.8, 4) is 0 Å². The highest BCUT2D eigenvalue weighted by atomic mass is 35.5. The number of aromatic nitrogens is 8. The van der Waals surface area contributed by atoms with Crippen LogP contribution in [0.15, 0.2) is 44.0 Å². The van der Waals surface area contributed by atoms with E-state index in [1.54, 1.807) is 53.0 Å². The molecule has 4 aromatic heterocycles. The van der Waals surface area contributed by atoms with Crippen LogP contribution in [0, 0.1) is 0 Å². The van der Waals surface area contributed by atoms with E-state index >= 15 is 0 Å². The molecule has 4 fully saturated rings. The van der Waals surface area contributed by atoms with Gasteiger partial charge >= 0.3 is 0 Å². The van der Waals surface area contributed by atoms with E-state index in [1.165, 1.54) is 18.7 Å². The fourth-order valence-corrected chi connectivity index (χ4v) is 9.83. The monoisotopic (exact) mass is 1080 g/mol. The molecule has 8 atom stereocenters. The van der Waals surface area contributed by atoms with Crippen LogP contribution in [-0.4, -0.2) is 161 Å². The molecule has 0 aliphatic carbocycles. The molecular weight excluding hydrogens is 1010 g/mol. The van der Waals surface area contributed by atoms with Crippen LogP contribution in [-0.2, 0) is 28.2 Å². The zero-order chi connectivity index (χ0) is 53.1. The van der Waals surface area contributed by atoms with Gasteiger partial charge in [-0.15, -0.1) is 0 Å². The highest BCUT2D eigenvalue weighted by Gasteiger charge is 2.27. The van der Waals surface area contributed by atoms with Crippen molar-refractivity contribution in [1.29, 1.82) is 0 Å². The zero-order valence-electron chi connectivity index (χ0n) is 43.9. The van der Waals surface area contributed by atoms with E-state index in [2.05, 4.69) is 117 Å². The molecule has 0 amide bonds. The van der Waals surface area contributed by atoms with Crippen molar-refractivity contribution in [3.05, 3.63) is 86.3 Å². The van der Waals surface area contributed by atoms with Crippen LogP contribution >= 0.6 is 46.4 Å². The van der Waals surface area contributed by atoms with Crippen molar-refractivity contribution >= 4 is 69.2 Å². The minimum Gasteiger partial charge on any atom is -0.378 e. The predicted octanol–water partition coefficient (Wildman–Crippen LogP) is 5.31. The predicted molar refractivity (Wildman–Crippen MR) is 293 cm³/mol. The summed E-state index contributed by atoms with van der Waals surface area (Å²) in [5.74, 6) is 0. The first kappa shape index (κ1) is 58.6. The van der Waals surface area contributed by atoms with E-state index in [0.717, 1.165) is 77.5 Å². The molecule has 0 radical (unpaired) electrons. The van der Waals surface area contributed by atoms with E-state index in [9.17, 15) is 19.2 Å². The SMILES string of the molecule is C[C@@H]1CC[C@@H](Nc2cnn(C)c(=O)c2Cl)CN1C.C[C@@H]1CC[C@H](Nc2cnn(C)c(=O)c2Cl)CN1C.C[C@H]1CC[C@@H](Nc2cnn(C)c(=O)c2Cl)CN1C.C[C@H]1CC[C@H](Nc2cnn(C)c(=O)c2Cl)CN1C. The van der Waals surface area contributed by atoms with Crippen LogP contribution in [0.2, 0.25) is 20.1 Å². The number of halogens is 4. The minimum atomic E-state index is -0.265. The molecule has 4 N–H and O–H groups in total. The fourth-order valence-electron chi connectivity index (χ4n) is 8.92. The topological polar surface area (TPSA) is 201 Å². The molecule has 72 heavy (non-hydrogen) atoms. The molecule has 8 heterocycles. The summed E-state index contributed by atoms with van der Waals surface area (Å²) in [6, 6.07) is 3.71. The summed E-state index contributed by atoms with van der Waals surface area (Å²) >= 11 is 24.1. The van der Waals surface area contributed by atoms with Gasteiger partial charge in [0.25, 0.3) is 22.2 Å². The Hall–Kier alpha value is -4.28. The number of nitrogens with zero attached hydrogens (tertiary/aromatic N) is 12. The smallest absolute Gasteiger partial charge is 0.287 e. The Bertz CT molecular complexity index is 2310. The third-order valence-electron chi connectivity index (χ3n) is 14.5. The third kappa shape index (κ3) is 15.9. The van der Waals surface area contributed by atoms with Gasteiger partial charge in [-0.05, 0) is 107 Å². The Morgan fingerprint density at radius 1 is 0.361 bits per heavy atom. The van der Waals surface area contributed by atoms with Crippen LogP contribution in [0.4, 0.5) is 22.7 Å². The molecule has 20 nitrogen and oxygen atoms in total. The summed E-state index contributed by atoms with van der Waals surface area (Å²) in [6.07, 6.45) is 15.3. The van der Waals surface area contributed by atoms with Crippen molar-refractivity contribution in [3.63, 3.8) is 0 Å². The van der Waals surface area contributed by atoms with Crippen molar-refractivity contribution in [2.45, 2.75) is 127 Å². The van der Waals surface area contributed by atoms with E-state index in [0.29, 0.717) is 71.1 Å². The quantitative estimate of drug-likeness (QED) is 0.177. The van der Waals surface area contributed by atoms with Crippen molar-refractivity contribution in [2.24, 2.45) is 28.2 Å². The van der Waals surface area contributed by atoms with Gasteiger partial charge in [-0.3, -0.25) is 19.2 Å². The average Bonchev–Trinajstić information content (AvgIpc) is 3.35. The first-order chi connectivity index (χ1) is 33.9. The summed E-state index contributed by atoms with van der Waals surface area (Å²) in [5, 5.41) is 30.1. The van der Waals surface area contributed by atoms with Gasteiger partial charge in [0.15, 0.2) is 0 Å². The second kappa shape index (κ2) is 26.8. The van der Waals surface area contributed by atoms with E-state index < -0.39 is 0 Å². The molecule has 4 aromatic rings. The summed E-state index contributed by atoms with van der Waals surface area (Å²) in [4.78, 5) is 55.9. The lowest BCUT2D eigenvalue weighted by Gasteiger charge is -2.36. The number of rotatable bonds is 8. The lowest BCUT2D eigenvalue weighted by atomic mass is 10.00. The molecule has 0 spiro atoms. The normalized spacial score (nSPS) is 25.1. The molecule has 0 aromatic carbocycles. The summed E-state index contributed by atoms with van der Waals surface area (Å²) in [6.45, 7) is 12.7. The number of nitrogens with one attached hydrogen (secondary N) is 4. The van der Waals surface area contributed by atoms with E-state index in [1.807, 2.05) is 0 Å². The number of hydrogen-bond acceptors (Lipinski definition) is 16. The summed E-state index contributed by atoms with van der Waals surface area (Å²) < 4.78 is 4.95. The maximum Gasteiger partial charge on any atom is 0.287 e. The molecule has 4 aliphatic rings. The van der Waals surface area contributed by atoms with Crippen molar-refractivity contribution in [1.82, 2.24) is 58.7 Å². The molecule has 4 saturated heterocycles. The van der Waals surface area contributed by atoms with Gasteiger partial charge in [0.05, 0.1) is 47.5 Å². The molecule has 0 saturated carbocycles. The fraction of sp³-hybridized carbons (Fsp3) is 0.667. The van der Waals surface area contributed by atoms with Crippen molar-refractivity contribution in [2.75, 3.05) is 75.6 Å². The van der Waals surface area contributed by atoms with Gasteiger partial charge < -0.3 is 40.9 Å². The summed E-state index contributed by atoms with van der Waals surface area (Å²) in [5.41, 5.74) is 1.47. The second-order valence-corrected chi connectivity index (χ2v) is 21.5. The van der Waals surface area contributed by atoms with Crippen LogP contribution in [0.1, 0.15) is 79.1 Å². The maximum absolute atomic E-state index is 11.7. The molecule has 4 aliphatic heterocycles. The standard InChI is InChI=1S/4C12H19ClN4O/c4*1-8-4-5-9(7-16(8)2)15-10-6-14-17(3)12(18)11(10)13/h4*6,8-9,15H,4-5,7H2,1-3H3/t2*8-,9+;2*8-,9-/m1010/s1. The lowest BCUT2D eigenvalue weighted by molar-refractivity contribution is 0.188. The number of hydrogen-bond donors (Lipinski definition) is 4. The van der Waals surface area contributed by atoms with E-state index in [4.69, 9.17) is 46.4 Å². The maximum atomic E-state index is 11.7. The largest absolute Gasteiger partial charge is 0.378 e.